The summed E-state index contributed by atoms with van der Waals surface area (Å²) in [5.41, 5.74) is 6.30. The lowest BCUT2D eigenvalue weighted by atomic mass is 9.72. The lowest BCUT2D eigenvalue weighted by Crippen LogP contribution is -2.53. The van der Waals surface area contributed by atoms with Gasteiger partial charge in [-0.15, -0.1) is 0 Å². The summed E-state index contributed by atoms with van der Waals surface area (Å²) in [4.78, 5) is 23.5. The van der Waals surface area contributed by atoms with Gasteiger partial charge >= 0.3 is 7.12 Å². The molecule has 8 heteroatoms. The average Bonchev–Trinajstić information content (AvgIpc) is 2.61. The van der Waals surface area contributed by atoms with E-state index in [2.05, 4.69) is 5.32 Å². The molecular weight excluding hydrogens is 347 g/mol. The number of unbranched alkanes of at least 4 members (excludes halogenated alkanes) is 1. The fourth-order valence-electron chi connectivity index (χ4n) is 3.11. The van der Waals surface area contributed by atoms with E-state index in [1.165, 1.54) is 6.92 Å². The molecule has 1 heterocycles. The number of nitrogens with two attached hydrogens (primary N) is 1. The maximum Gasteiger partial charge on any atom is 0.478 e. The van der Waals surface area contributed by atoms with Crippen LogP contribution in [0.4, 0.5) is 0 Å². The largest absolute Gasteiger partial charge is 0.494 e. The zero-order valence-electron chi connectivity index (χ0n) is 15.9. The van der Waals surface area contributed by atoms with Crippen molar-refractivity contribution in [3.8, 4) is 5.75 Å². The van der Waals surface area contributed by atoms with E-state index in [0.29, 0.717) is 26.0 Å². The maximum atomic E-state index is 12.3. The molecule has 0 saturated carbocycles. The number of carbonyl (C=O) groups excluding carboxylic acids is 2. The number of amides is 1. The van der Waals surface area contributed by atoms with Crippen molar-refractivity contribution < 1.29 is 24.0 Å². The molecule has 1 aliphatic rings. The van der Waals surface area contributed by atoms with Crippen molar-refractivity contribution in [2.45, 2.75) is 57.5 Å². The van der Waals surface area contributed by atoms with Gasteiger partial charge in [0.2, 0.25) is 5.91 Å². The minimum Gasteiger partial charge on any atom is -0.494 e. The van der Waals surface area contributed by atoms with Gasteiger partial charge in [0.1, 0.15) is 11.5 Å². The monoisotopic (exact) mass is 376 g/mol. The molecule has 0 aromatic heterocycles. The third-order valence-electron chi connectivity index (χ3n) is 4.47. The zero-order chi connectivity index (χ0) is 19.6. The highest BCUT2D eigenvalue weighted by atomic mass is 16.5. The standard InChI is InChI=1S/C19H29BN2O5/c1-14(23)11-17-7-8-18(20(25)27-17)22-19(24)13-15-5-4-6-16(12-15)26-10-3-2-9-21/h4-6,12,17-18,25H,2-3,7-11,13,21H2,1H3,(H,22,24)/t17-,18-/m0/s1. The summed E-state index contributed by atoms with van der Waals surface area (Å²) in [5.74, 6) is 0.106. The summed E-state index contributed by atoms with van der Waals surface area (Å²) < 4.78 is 11.1. The van der Waals surface area contributed by atoms with Crippen LogP contribution in [0.1, 0.15) is 44.6 Å². The highest BCUT2D eigenvalue weighted by molar-refractivity contribution is 6.45. The van der Waals surface area contributed by atoms with Crippen LogP contribution >= 0.6 is 0 Å². The van der Waals surface area contributed by atoms with Crippen LogP contribution < -0.4 is 15.8 Å². The second-order valence-electron chi connectivity index (χ2n) is 6.97. The highest BCUT2D eigenvalue weighted by Crippen LogP contribution is 2.19. The summed E-state index contributed by atoms with van der Waals surface area (Å²) in [5, 5.41) is 12.9. The molecule has 1 fully saturated rings. The van der Waals surface area contributed by atoms with Crippen LogP contribution in [0.25, 0.3) is 0 Å². The van der Waals surface area contributed by atoms with E-state index >= 15 is 0 Å². The van der Waals surface area contributed by atoms with Crippen molar-refractivity contribution in [1.82, 2.24) is 5.32 Å². The molecule has 1 amide bonds. The molecule has 0 spiro atoms. The first kappa shape index (κ1) is 21.4. The Morgan fingerprint density at radius 2 is 2.19 bits per heavy atom. The Hall–Kier alpha value is -1.90. The minimum absolute atomic E-state index is 0.0276. The lowest BCUT2D eigenvalue weighted by molar-refractivity contribution is -0.122. The van der Waals surface area contributed by atoms with Gasteiger partial charge in [-0.25, -0.2) is 0 Å². The van der Waals surface area contributed by atoms with Gasteiger partial charge < -0.3 is 25.5 Å². The summed E-state index contributed by atoms with van der Waals surface area (Å²) in [6, 6.07) is 7.42. The lowest BCUT2D eigenvalue weighted by Gasteiger charge is -2.31. The number of hydrogen-bond donors (Lipinski definition) is 3. The average molecular weight is 376 g/mol. The second kappa shape index (κ2) is 11.1. The van der Waals surface area contributed by atoms with Gasteiger partial charge in [-0.05, 0) is 56.8 Å². The molecular formula is C19H29BN2O5. The van der Waals surface area contributed by atoms with Crippen molar-refractivity contribution in [1.29, 1.82) is 0 Å². The topological polar surface area (TPSA) is 111 Å². The Morgan fingerprint density at radius 3 is 2.89 bits per heavy atom. The van der Waals surface area contributed by atoms with Crippen LogP contribution in [0.15, 0.2) is 24.3 Å². The molecule has 0 aliphatic carbocycles. The van der Waals surface area contributed by atoms with Gasteiger partial charge in [0.25, 0.3) is 0 Å². The molecule has 4 N–H and O–H groups in total. The second-order valence-corrected chi connectivity index (χ2v) is 6.97. The quantitative estimate of drug-likeness (QED) is 0.415. The summed E-state index contributed by atoms with van der Waals surface area (Å²) in [6.07, 6.45) is 3.23. The van der Waals surface area contributed by atoms with Gasteiger partial charge in [0.05, 0.1) is 19.0 Å². The fourth-order valence-corrected chi connectivity index (χ4v) is 3.11. The predicted octanol–water partition coefficient (Wildman–Crippen LogP) is 1.01. The van der Waals surface area contributed by atoms with Crippen LogP contribution in [0.2, 0.25) is 0 Å². The van der Waals surface area contributed by atoms with Gasteiger partial charge in [0, 0.05) is 12.5 Å². The van der Waals surface area contributed by atoms with Crippen LogP contribution in [0.3, 0.4) is 0 Å². The summed E-state index contributed by atoms with van der Waals surface area (Å²) >= 11 is 0. The number of carbonyl (C=O) groups is 2. The Bertz CT molecular complexity index is 628. The Morgan fingerprint density at radius 1 is 1.37 bits per heavy atom. The SMILES string of the molecule is CC(=O)C[C@@H]1CC[C@H](NC(=O)Cc2cccc(OCCCCN)c2)B(O)O1. The van der Waals surface area contributed by atoms with E-state index in [1.807, 2.05) is 24.3 Å². The number of rotatable bonds is 10. The van der Waals surface area contributed by atoms with E-state index in [9.17, 15) is 14.6 Å². The number of benzene rings is 1. The molecule has 148 valence electrons. The van der Waals surface area contributed by atoms with Gasteiger partial charge in [-0.2, -0.15) is 0 Å². The van der Waals surface area contributed by atoms with Crippen molar-refractivity contribution in [2.24, 2.45) is 5.73 Å². The molecule has 1 aromatic carbocycles. The van der Waals surface area contributed by atoms with E-state index in [4.69, 9.17) is 15.1 Å². The summed E-state index contributed by atoms with van der Waals surface area (Å²) in [6.45, 7) is 2.75. The highest BCUT2D eigenvalue weighted by Gasteiger charge is 2.36. The Balaban J connectivity index is 1.79. The van der Waals surface area contributed by atoms with Crippen LogP contribution in [0, 0.1) is 0 Å². The Labute approximate surface area is 160 Å². The molecule has 0 unspecified atom stereocenters. The number of hydrogen-bond acceptors (Lipinski definition) is 6. The first-order valence-corrected chi connectivity index (χ1v) is 9.52. The first-order chi connectivity index (χ1) is 13.0. The van der Waals surface area contributed by atoms with Crippen LogP contribution in [-0.2, 0) is 20.7 Å². The molecule has 1 saturated heterocycles. The molecule has 0 bridgehead atoms. The van der Waals surface area contributed by atoms with Gasteiger partial charge in [0.15, 0.2) is 0 Å². The van der Waals surface area contributed by atoms with Crippen LogP contribution in [0.5, 0.6) is 5.75 Å². The maximum absolute atomic E-state index is 12.3. The molecule has 0 radical (unpaired) electrons. The Kier molecular flexibility index (Phi) is 8.77. The smallest absolute Gasteiger partial charge is 0.478 e. The minimum atomic E-state index is -1.09. The first-order valence-electron chi connectivity index (χ1n) is 9.52. The van der Waals surface area contributed by atoms with Gasteiger partial charge in [-0.1, -0.05) is 12.1 Å². The molecule has 7 nitrogen and oxygen atoms in total. The molecule has 27 heavy (non-hydrogen) atoms. The van der Waals surface area contributed by atoms with Crippen molar-refractivity contribution in [3.63, 3.8) is 0 Å². The number of ketones is 1. The van der Waals surface area contributed by atoms with E-state index < -0.39 is 13.1 Å². The molecule has 2 atom stereocenters. The predicted molar refractivity (Wildman–Crippen MR) is 103 cm³/mol. The van der Waals surface area contributed by atoms with Crippen molar-refractivity contribution >= 4 is 18.8 Å². The summed E-state index contributed by atoms with van der Waals surface area (Å²) in [7, 11) is -1.09. The third kappa shape index (κ3) is 7.70. The van der Waals surface area contributed by atoms with Crippen molar-refractivity contribution in [3.05, 3.63) is 29.8 Å². The van der Waals surface area contributed by atoms with Gasteiger partial charge in [-0.3, -0.25) is 9.59 Å². The normalized spacial score (nSPS) is 19.6. The number of ether oxygens (including phenoxy) is 1. The van der Waals surface area contributed by atoms with Crippen LogP contribution in [-0.4, -0.2) is 49.0 Å². The van der Waals surface area contributed by atoms with E-state index in [0.717, 1.165) is 24.2 Å². The number of nitrogens with one attached hydrogen (secondary N) is 1. The molecule has 1 aliphatic heterocycles. The van der Waals surface area contributed by atoms with Crippen molar-refractivity contribution in [2.75, 3.05) is 13.2 Å². The van der Waals surface area contributed by atoms with E-state index in [-0.39, 0.29) is 30.6 Å². The third-order valence-corrected chi connectivity index (χ3v) is 4.47. The zero-order valence-corrected chi connectivity index (χ0v) is 15.9. The number of Topliss-reactive ketones (excluding diaryl/α,β-unsaturated/α-hetero) is 1. The fraction of sp³-hybridized carbons (Fsp3) is 0.579. The van der Waals surface area contributed by atoms with E-state index in [1.54, 1.807) is 0 Å². The molecule has 1 aromatic rings. The molecule has 2 rings (SSSR count).